The fourth-order valence-electron chi connectivity index (χ4n) is 2.33. The van der Waals surface area contributed by atoms with Crippen molar-refractivity contribution in [3.63, 3.8) is 0 Å². The number of amides is 1. The van der Waals surface area contributed by atoms with E-state index >= 15 is 0 Å². The van der Waals surface area contributed by atoms with E-state index in [1.54, 1.807) is 23.9 Å². The summed E-state index contributed by atoms with van der Waals surface area (Å²) in [5.74, 6) is -0.181. The molecule has 1 N–H and O–H groups in total. The number of nitrogens with zero attached hydrogens (tertiary/aromatic N) is 3. The van der Waals surface area contributed by atoms with Crippen LogP contribution in [-0.4, -0.2) is 20.4 Å². The van der Waals surface area contributed by atoms with Crippen LogP contribution in [0, 0.1) is 6.92 Å². The zero-order chi connectivity index (χ0) is 18.2. The highest BCUT2D eigenvalue weighted by Crippen LogP contribution is 2.34. The number of anilines is 1. The summed E-state index contributed by atoms with van der Waals surface area (Å²) in [6.45, 7) is 1.75. The molecule has 0 fully saturated rings. The molecule has 0 saturated carbocycles. The van der Waals surface area contributed by atoms with Crippen molar-refractivity contribution in [1.82, 2.24) is 14.5 Å². The number of carbonyl (C=O) groups is 1. The molecule has 0 radical (unpaired) electrons. The molecule has 130 valence electrons. The summed E-state index contributed by atoms with van der Waals surface area (Å²) in [6, 6.07) is 4.64. The van der Waals surface area contributed by atoms with Gasteiger partial charge in [0, 0.05) is 19.4 Å². The standard InChI is InChI=1S/C16H13F3N4OS/c1-9-12(13-20-7-8-23(13)2)25-15(21-9)22-14(24)10-5-3-4-6-11(10)16(17,18)19/h3-8H,1-2H3,(H,21,22,24). The summed E-state index contributed by atoms with van der Waals surface area (Å²) in [4.78, 5) is 21.5. The summed E-state index contributed by atoms with van der Waals surface area (Å²) >= 11 is 1.16. The molecule has 25 heavy (non-hydrogen) atoms. The van der Waals surface area contributed by atoms with Gasteiger partial charge >= 0.3 is 6.18 Å². The van der Waals surface area contributed by atoms with Crippen LogP contribution in [0.5, 0.6) is 0 Å². The van der Waals surface area contributed by atoms with Gasteiger partial charge in [0.15, 0.2) is 11.0 Å². The van der Waals surface area contributed by atoms with Crippen molar-refractivity contribution in [2.24, 2.45) is 7.05 Å². The first-order valence-electron chi connectivity index (χ1n) is 7.20. The minimum absolute atomic E-state index is 0.220. The highest BCUT2D eigenvalue weighted by atomic mass is 32.1. The summed E-state index contributed by atoms with van der Waals surface area (Å²) in [6.07, 6.45) is -1.20. The van der Waals surface area contributed by atoms with Crippen LogP contribution in [0.2, 0.25) is 0 Å². The first kappa shape index (κ1) is 17.2. The summed E-state index contributed by atoms with van der Waals surface area (Å²) < 4.78 is 40.9. The third-order valence-electron chi connectivity index (χ3n) is 3.52. The molecule has 3 aromatic rings. The maximum atomic E-state index is 13.0. The number of imidazole rings is 1. The van der Waals surface area contributed by atoms with Crippen molar-refractivity contribution in [2.45, 2.75) is 13.1 Å². The first-order valence-corrected chi connectivity index (χ1v) is 8.01. The van der Waals surface area contributed by atoms with Crippen LogP contribution < -0.4 is 5.32 Å². The van der Waals surface area contributed by atoms with E-state index in [1.807, 2.05) is 7.05 Å². The second-order valence-electron chi connectivity index (χ2n) is 5.29. The number of carbonyl (C=O) groups excluding carboxylic acids is 1. The Hall–Kier alpha value is -2.68. The third-order valence-corrected chi connectivity index (χ3v) is 4.59. The Kier molecular flexibility index (Phi) is 4.34. The monoisotopic (exact) mass is 366 g/mol. The van der Waals surface area contributed by atoms with Gasteiger partial charge in [-0.1, -0.05) is 23.5 Å². The minimum atomic E-state index is -4.61. The molecule has 1 amide bonds. The van der Waals surface area contributed by atoms with E-state index in [1.165, 1.54) is 12.1 Å². The van der Waals surface area contributed by atoms with E-state index in [4.69, 9.17) is 0 Å². The second-order valence-corrected chi connectivity index (χ2v) is 6.29. The number of hydrogen-bond acceptors (Lipinski definition) is 4. The largest absolute Gasteiger partial charge is 0.417 e. The number of aryl methyl sites for hydroxylation is 2. The van der Waals surface area contributed by atoms with Crippen molar-refractivity contribution < 1.29 is 18.0 Å². The first-order chi connectivity index (χ1) is 11.8. The van der Waals surface area contributed by atoms with Gasteiger partial charge in [0.1, 0.15) is 0 Å². The van der Waals surface area contributed by atoms with E-state index < -0.39 is 23.2 Å². The van der Waals surface area contributed by atoms with Crippen LogP contribution in [0.1, 0.15) is 21.6 Å². The lowest BCUT2D eigenvalue weighted by atomic mass is 10.1. The molecule has 0 unspecified atom stereocenters. The number of rotatable bonds is 3. The number of nitrogens with one attached hydrogen (secondary N) is 1. The van der Waals surface area contributed by atoms with Crippen LogP contribution in [0.4, 0.5) is 18.3 Å². The summed E-state index contributed by atoms with van der Waals surface area (Å²) in [5.41, 5.74) is -0.787. The molecule has 0 aliphatic carbocycles. The molecule has 5 nitrogen and oxygen atoms in total. The normalized spacial score (nSPS) is 11.6. The Morgan fingerprint density at radius 3 is 2.64 bits per heavy atom. The SMILES string of the molecule is Cc1nc(NC(=O)c2ccccc2C(F)(F)F)sc1-c1nccn1C. The van der Waals surface area contributed by atoms with Gasteiger partial charge < -0.3 is 4.57 Å². The summed E-state index contributed by atoms with van der Waals surface area (Å²) in [7, 11) is 1.82. The number of alkyl halides is 3. The van der Waals surface area contributed by atoms with E-state index in [0.29, 0.717) is 11.5 Å². The molecule has 0 aliphatic heterocycles. The maximum Gasteiger partial charge on any atom is 0.417 e. The van der Waals surface area contributed by atoms with Crippen LogP contribution in [-0.2, 0) is 13.2 Å². The van der Waals surface area contributed by atoms with E-state index in [2.05, 4.69) is 15.3 Å². The molecular formula is C16H13F3N4OS. The number of hydrogen-bond donors (Lipinski definition) is 1. The lowest BCUT2D eigenvalue weighted by molar-refractivity contribution is -0.137. The van der Waals surface area contributed by atoms with Crippen LogP contribution in [0.3, 0.4) is 0 Å². The molecule has 3 rings (SSSR count). The van der Waals surface area contributed by atoms with Gasteiger partial charge in [-0.05, 0) is 19.1 Å². The fourth-order valence-corrected chi connectivity index (χ4v) is 3.34. The van der Waals surface area contributed by atoms with Crippen LogP contribution in [0.15, 0.2) is 36.7 Å². The molecule has 9 heteroatoms. The van der Waals surface area contributed by atoms with Gasteiger partial charge in [0.05, 0.1) is 21.7 Å². The smallest absolute Gasteiger partial charge is 0.333 e. The van der Waals surface area contributed by atoms with Crippen molar-refractivity contribution in [2.75, 3.05) is 5.32 Å². The molecular weight excluding hydrogens is 353 g/mol. The van der Waals surface area contributed by atoms with E-state index in [0.717, 1.165) is 28.3 Å². The van der Waals surface area contributed by atoms with E-state index in [9.17, 15) is 18.0 Å². The van der Waals surface area contributed by atoms with Crippen molar-refractivity contribution in [3.05, 3.63) is 53.5 Å². The number of halogens is 3. The average molecular weight is 366 g/mol. The lowest BCUT2D eigenvalue weighted by Gasteiger charge is -2.11. The number of benzene rings is 1. The van der Waals surface area contributed by atoms with Gasteiger partial charge in [-0.15, -0.1) is 0 Å². The molecule has 0 saturated heterocycles. The Balaban J connectivity index is 1.90. The Labute approximate surface area is 145 Å². The maximum absolute atomic E-state index is 13.0. The Morgan fingerprint density at radius 1 is 1.28 bits per heavy atom. The second kappa shape index (κ2) is 6.32. The predicted octanol–water partition coefficient (Wildman–Crippen LogP) is 4.12. The lowest BCUT2D eigenvalue weighted by Crippen LogP contribution is -2.18. The molecule has 0 atom stereocenters. The topological polar surface area (TPSA) is 59.8 Å². The molecule has 0 spiro atoms. The number of aromatic nitrogens is 3. The summed E-state index contributed by atoms with van der Waals surface area (Å²) in [5, 5.41) is 2.66. The zero-order valence-corrected chi connectivity index (χ0v) is 14.1. The third kappa shape index (κ3) is 3.41. The van der Waals surface area contributed by atoms with Gasteiger partial charge in [-0.25, -0.2) is 9.97 Å². The molecule has 2 aromatic heterocycles. The van der Waals surface area contributed by atoms with Crippen molar-refractivity contribution in [1.29, 1.82) is 0 Å². The van der Waals surface area contributed by atoms with Gasteiger partial charge in [0.2, 0.25) is 0 Å². The fraction of sp³-hybridized carbons (Fsp3) is 0.188. The van der Waals surface area contributed by atoms with Crippen molar-refractivity contribution >= 4 is 22.4 Å². The molecule has 2 heterocycles. The minimum Gasteiger partial charge on any atom is -0.333 e. The molecule has 1 aromatic carbocycles. The highest BCUT2D eigenvalue weighted by Gasteiger charge is 2.35. The average Bonchev–Trinajstić information content (AvgIpc) is 3.11. The quantitative estimate of drug-likeness (QED) is 0.758. The molecule has 0 bridgehead atoms. The predicted molar refractivity (Wildman–Crippen MR) is 88.5 cm³/mol. The van der Waals surface area contributed by atoms with Crippen LogP contribution in [0.25, 0.3) is 10.7 Å². The van der Waals surface area contributed by atoms with Gasteiger partial charge in [0.25, 0.3) is 5.91 Å². The molecule has 0 aliphatic rings. The van der Waals surface area contributed by atoms with Gasteiger partial charge in [-0.3, -0.25) is 10.1 Å². The van der Waals surface area contributed by atoms with Crippen LogP contribution >= 0.6 is 11.3 Å². The van der Waals surface area contributed by atoms with Gasteiger partial charge in [-0.2, -0.15) is 13.2 Å². The number of thiazole rings is 1. The van der Waals surface area contributed by atoms with Crippen molar-refractivity contribution in [3.8, 4) is 10.7 Å². The zero-order valence-electron chi connectivity index (χ0n) is 13.3. The Morgan fingerprint density at radius 2 is 2.00 bits per heavy atom. The van der Waals surface area contributed by atoms with E-state index in [-0.39, 0.29) is 5.13 Å². The Bertz CT molecular complexity index is 930. The highest BCUT2D eigenvalue weighted by molar-refractivity contribution is 7.19.